The monoisotopic (exact) mass is 539 g/mol. The summed E-state index contributed by atoms with van der Waals surface area (Å²) in [4.78, 5) is 34.4. The van der Waals surface area contributed by atoms with Gasteiger partial charge in [0.05, 0.1) is 34.3 Å². The van der Waals surface area contributed by atoms with Gasteiger partial charge in [-0.25, -0.2) is 17.7 Å². The molecule has 202 valence electrons. The number of carbonyl (C=O) groups is 1. The number of amidine groups is 1. The molecule has 12 heteroatoms. The molecular formula is C26H33N7O4S. The summed E-state index contributed by atoms with van der Waals surface area (Å²) in [5.74, 6) is 0.623. The van der Waals surface area contributed by atoms with Crippen LogP contribution in [-0.2, 0) is 14.8 Å². The highest BCUT2D eigenvalue weighted by molar-refractivity contribution is 7.89. The van der Waals surface area contributed by atoms with Gasteiger partial charge in [0.25, 0.3) is 5.56 Å². The molecule has 1 aromatic carbocycles. The van der Waals surface area contributed by atoms with Crippen molar-refractivity contribution in [3.8, 4) is 6.07 Å². The van der Waals surface area contributed by atoms with Crippen molar-refractivity contribution in [1.82, 2.24) is 14.2 Å². The molecule has 38 heavy (non-hydrogen) atoms. The number of pyridine rings is 1. The fraction of sp³-hybridized carbons (Fsp3) is 0.462. The number of nitrogens with two attached hydrogens (primary N) is 1. The number of aromatic nitrogens is 1. The number of amides is 1. The number of nitrogens with one attached hydrogen (secondary N) is 2. The van der Waals surface area contributed by atoms with E-state index in [2.05, 4.69) is 21.4 Å². The lowest BCUT2D eigenvalue weighted by atomic mass is 9.84. The largest absolute Gasteiger partial charge is 0.383 e. The van der Waals surface area contributed by atoms with Crippen LogP contribution in [0.1, 0.15) is 44.1 Å². The third-order valence-corrected chi connectivity index (χ3v) is 8.96. The summed E-state index contributed by atoms with van der Waals surface area (Å²) in [6.45, 7) is 1.06. The zero-order valence-electron chi connectivity index (χ0n) is 21.6. The van der Waals surface area contributed by atoms with E-state index in [-0.39, 0.29) is 28.6 Å². The average molecular weight is 540 g/mol. The minimum atomic E-state index is -3.59. The molecule has 0 bridgehead atoms. The molecule has 1 amide bonds. The number of hydrogen-bond donors (Lipinski definition) is 3. The Balaban J connectivity index is 1.56. The number of H-pyrrole nitrogens is 1. The first-order chi connectivity index (χ1) is 18.0. The quantitative estimate of drug-likeness (QED) is 0.324. The van der Waals surface area contributed by atoms with Crippen molar-refractivity contribution in [3.05, 3.63) is 52.4 Å². The number of nitrogens with zero attached hydrogens (tertiary/aromatic N) is 4. The second kappa shape index (κ2) is 11.0. The Hall–Kier alpha value is -3.69. The number of sulfonamides is 1. The second-order valence-corrected chi connectivity index (χ2v) is 12.3. The number of nitriles is 1. The Morgan fingerprint density at radius 3 is 2.47 bits per heavy atom. The fourth-order valence-corrected chi connectivity index (χ4v) is 5.50. The highest BCUT2D eigenvalue weighted by Crippen LogP contribution is 2.35. The Labute approximate surface area is 222 Å². The van der Waals surface area contributed by atoms with Crippen LogP contribution in [0.3, 0.4) is 0 Å². The van der Waals surface area contributed by atoms with Crippen LogP contribution in [-0.4, -0.2) is 67.1 Å². The molecule has 1 saturated heterocycles. The smallest absolute Gasteiger partial charge is 0.261 e. The molecular weight excluding hydrogens is 506 g/mol. The van der Waals surface area contributed by atoms with Crippen molar-refractivity contribution in [2.24, 2.45) is 16.6 Å². The van der Waals surface area contributed by atoms with E-state index in [0.717, 1.165) is 17.1 Å². The van der Waals surface area contributed by atoms with Gasteiger partial charge in [-0.1, -0.05) is 0 Å². The van der Waals surface area contributed by atoms with Gasteiger partial charge in [0.2, 0.25) is 15.9 Å². The lowest BCUT2D eigenvalue weighted by Crippen LogP contribution is -2.51. The maximum Gasteiger partial charge on any atom is 0.261 e. The number of carbonyl (C=O) groups excluding carboxylic acids is 1. The number of benzene rings is 1. The number of aliphatic imine (C=N–C) groups is 1. The number of hydrogen-bond acceptors (Lipinski definition) is 7. The van der Waals surface area contributed by atoms with Crippen LogP contribution >= 0.6 is 0 Å². The molecule has 1 saturated carbocycles. The SMILES string of the molecule is CN(C)S(=O)(=O)c1ccc(N=C(N)c2c(NC3(CC#N)CCN(C(=O)CC4CC4)CC3)cc[nH]c2=O)cc1. The minimum absolute atomic E-state index is 0.0540. The van der Waals surface area contributed by atoms with Crippen molar-refractivity contribution in [3.63, 3.8) is 0 Å². The summed E-state index contributed by atoms with van der Waals surface area (Å²) in [7, 11) is -0.693. The van der Waals surface area contributed by atoms with Gasteiger partial charge in [-0.05, 0) is 61.9 Å². The van der Waals surface area contributed by atoms with Gasteiger partial charge < -0.3 is 20.9 Å². The lowest BCUT2D eigenvalue weighted by molar-refractivity contribution is -0.133. The van der Waals surface area contributed by atoms with Crippen molar-refractivity contribution < 1.29 is 13.2 Å². The van der Waals surface area contributed by atoms with Gasteiger partial charge in [0.15, 0.2) is 0 Å². The fourth-order valence-electron chi connectivity index (χ4n) is 4.60. The van der Waals surface area contributed by atoms with Gasteiger partial charge in [0.1, 0.15) is 11.4 Å². The summed E-state index contributed by atoms with van der Waals surface area (Å²) >= 11 is 0. The molecule has 2 heterocycles. The number of likely N-dealkylation sites (tertiary alicyclic amines) is 1. The predicted octanol–water partition coefficient (Wildman–Crippen LogP) is 2.15. The Bertz CT molecular complexity index is 1410. The van der Waals surface area contributed by atoms with Gasteiger partial charge in [-0.15, -0.1) is 0 Å². The molecule has 0 spiro atoms. The van der Waals surface area contributed by atoms with Crippen LogP contribution in [0.2, 0.25) is 0 Å². The van der Waals surface area contributed by atoms with E-state index in [1.807, 2.05) is 4.90 Å². The van der Waals surface area contributed by atoms with Crippen LogP contribution in [0.5, 0.6) is 0 Å². The minimum Gasteiger partial charge on any atom is -0.383 e. The molecule has 0 radical (unpaired) electrons. The number of rotatable bonds is 9. The highest BCUT2D eigenvalue weighted by atomic mass is 32.2. The molecule has 1 aliphatic heterocycles. The van der Waals surface area contributed by atoms with Crippen LogP contribution in [0.4, 0.5) is 11.4 Å². The van der Waals surface area contributed by atoms with Gasteiger partial charge >= 0.3 is 0 Å². The van der Waals surface area contributed by atoms with E-state index in [1.165, 1.54) is 44.6 Å². The van der Waals surface area contributed by atoms with Crippen LogP contribution in [0.15, 0.2) is 51.2 Å². The zero-order chi connectivity index (χ0) is 27.5. The van der Waals surface area contributed by atoms with Crippen molar-refractivity contribution >= 4 is 33.1 Å². The molecule has 1 aliphatic carbocycles. The third kappa shape index (κ3) is 6.06. The van der Waals surface area contributed by atoms with Crippen molar-refractivity contribution in [2.45, 2.75) is 49.0 Å². The number of anilines is 1. The molecule has 1 aromatic heterocycles. The molecule has 2 fully saturated rings. The first kappa shape index (κ1) is 27.3. The van der Waals surface area contributed by atoms with E-state index in [9.17, 15) is 23.3 Å². The van der Waals surface area contributed by atoms with E-state index >= 15 is 0 Å². The Morgan fingerprint density at radius 2 is 1.89 bits per heavy atom. The summed E-state index contributed by atoms with van der Waals surface area (Å²) < 4.78 is 25.8. The topological polar surface area (TPSA) is 165 Å². The van der Waals surface area contributed by atoms with E-state index in [1.54, 1.807) is 6.07 Å². The average Bonchev–Trinajstić information content (AvgIpc) is 3.69. The second-order valence-electron chi connectivity index (χ2n) is 10.1. The number of piperidine rings is 1. The molecule has 2 aliphatic rings. The summed E-state index contributed by atoms with van der Waals surface area (Å²) in [6, 6.07) is 9.80. The highest BCUT2D eigenvalue weighted by Gasteiger charge is 2.37. The molecule has 2 aromatic rings. The predicted molar refractivity (Wildman–Crippen MR) is 145 cm³/mol. The summed E-state index contributed by atoms with van der Waals surface area (Å²) in [5.41, 5.74) is 6.15. The van der Waals surface area contributed by atoms with Crippen molar-refractivity contribution in [1.29, 1.82) is 5.26 Å². The third-order valence-electron chi connectivity index (χ3n) is 7.13. The normalized spacial score (nSPS) is 17.7. The standard InChI is InChI=1S/C26H33N7O4S/c1-32(2)38(36,37)20-7-5-19(6-8-20)30-24(28)23-21(9-14-29-25(23)35)31-26(10-13-27)11-15-33(16-12-26)22(34)17-18-3-4-18/h5-9,14,18H,3-4,10-12,15-17H2,1-2H3,(H2,28,30)(H2,29,31,35). The summed E-state index contributed by atoms with van der Waals surface area (Å²) in [5, 5.41) is 13.0. The van der Waals surface area contributed by atoms with Crippen LogP contribution in [0.25, 0.3) is 0 Å². The van der Waals surface area contributed by atoms with Crippen molar-refractivity contribution in [2.75, 3.05) is 32.5 Å². The Kier molecular flexibility index (Phi) is 7.89. The summed E-state index contributed by atoms with van der Waals surface area (Å²) in [6.07, 6.45) is 5.63. The molecule has 11 nitrogen and oxygen atoms in total. The molecule has 4 N–H and O–H groups in total. The van der Waals surface area contributed by atoms with E-state index in [0.29, 0.717) is 49.6 Å². The van der Waals surface area contributed by atoms with E-state index in [4.69, 9.17) is 5.73 Å². The molecule has 4 rings (SSSR count). The van der Waals surface area contributed by atoms with Crippen LogP contribution < -0.4 is 16.6 Å². The molecule has 0 unspecified atom stereocenters. The maximum atomic E-state index is 12.8. The lowest BCUT2D eigenvalue weighted by Gasteiger charge is -2.42. The zero-order valence-corrected chi connectivity index (χ0v) is 22.4. The van der Waals surface area contributed by atoms with Gasteiger partial charge in [-0.2, -0.15) is 5.26 Å². The van der Waals surface area contributed by atoms with Crippen LogP contribution in [0, 0.1) is 17.2 Å². The molecule has 0 atom stereocenters. The number of aromatic amines is 1. The van der Waals surface area contributed by atoms with E-state index < -0.39 is 21.1 Å². The Morgan fingerprint density at radius 1 is 1.24 bits per heavy atom. The first-order valence-corrected chi connectivity index (χ1v) is 14.0. The maximum absolute atomic E-state index is 12.8. The van der Waals surface area contributed by atoms with Gasteiger partial charge in [0, 0.05) is 39.8 Å². The van der Waals surface area contributed by atoms with Gasteiger partial charge in [-0.3, -0.25) is 9.59 Å². The first-order valence-electron chi connectivity index (χ1n) is 12.6.